The Kier molecular flexibility index (Phi) is 4.77. The molecule has 8 nitrogen and oxygen atoms in total. The monoisotopic (exact) mass is 409 g/mol. The van der Waals surface area contributed by atoms with Gasteiger partial charge >= 0.3 is 0 Å². The topological polar surface area (TPSA) is 99.2 Å². The van der Waals surface area contributed by atoms with Gasteiger partial charge in [0.1, 0.15) is 29.0 Å². The van der Waals surface area contributed by atoms with Gasteiger partial charge in [0.15, 0.2) is 0 Å². The molecule has 1 amide bonds. The van der Waals surface area contributed by atoms with E-state index in [0.29, 0.717) is 35.9 Å². The van der Waals surface area contributed by atoms with Crippen LogP contribution in [0.1, 0.15) is 24.0 Å². The summed E-state index contributed by atoms with van der Waals surface area (Å²) in [5.41, 5.74) is 3.58. The molecule has 0 spiro atoms. The molecule has 4 aromatic heterocycles. The fraction of sp³-hybridized carbons (Fsp3) is 0.174. The number of hydrogen-bond acceptors (Lipinski definition) is 6. The van der Waals surface area contributed by atoms with Crippen molar-refractivity contribution in [1.29, 1.82) is 5.26 Å². The number of nitrogens with zero attached hydrogens (tertiary/aromatic N) is 6. The highest BCUT2D eigenvalue weighted by molar-refractivity contribution is 5.94. The Morgan fingerprint density at radius 2 is 2.06 bits per heavy atom. The van der Waals surface area contributed by atoms with Crippen LogP contribution < -0.4 is 10.2 Å². The van der Waals surface area contributed by atoms with E-state index in [2.05, 4.69) is 26.5 Å². The van der Waals surface area contributed by atoms with Crippen molar-refractivity contribution in [3.05, 3.63) is 72.2 Å². The summed E-state index contributed by atoms with van der Waals surface area (Å²) < 4.78 is 1.70. The largest absolute Gasteiger partial charge is 0.365 e. The van der Waals surface area contributed by atoms with E-state index < -0.39 is 0 Å². The highest BCUT2D eigenvalue weighted by Gasteiger charge is 2.22. The highest BCUT2D eigenvalue weighted by atomic mass is 16.2. The third-order valence-corrected chi connectivity index (χ3v) is 5.33. The molecule has 1 N–H and O–H groups in total. The zero-order chi connectivity index (χ0) is 21.2. The fourth-order valence-electron chi connectivity index (χ4n) is 3.79. The number of nitriles is 1. The first kappa shape index (κ1) is 18.8. The van der Waals surface area contributed by atoms with E-state index >= 15 is 0 Å². The van der Waals surface area contributed by atoms with Crippen molar-refractivity contribution in [2.75, 3.05) is 16.8 Å². The minimum atomic E-state index is 0.122. The second-order valence-electron chi connectivity index (χ2n) is 7.29. The molecule has 8 heteroatoms. The van der Waals surface area contributed by atoms with Crippen molar-refractivity contribution in [2.45, 2.75) is 19.4 Å². The molecule has 0 aliphatic carbocycles. The highest BCUT2D eigenvalue weighted by Crippen LogP contribution is 2.30. The van der Waals surface area contributed by atoms with Crippen molar-refractivity contribution in [3.63, 3.8) is 0 Å². The van der Waals surface area contributed by atoms with Gasteiger partial charge < -0.3 is 5.32 Å². The van der Waals surface area contributed by atoms with Crippen LogP contribution in [0.5, 0.6) is 0 Å². The van der Waals surface area contributed by atoms with Gasteiger partial charge in [-0.05, 0) is 42.3 Å². The van der Waals surface area contributed by atoms with Crippen LogP contribution >= 0.6 is 0 Å². The molecule has 5 rings (SSSR count). The third kappa shape index (κ3) is 3.46. The first-order valence-electron chi connectivity index (χ1n) is 10.1. The van der Waals surface area contributed by atoms with Crippen LogP contribution in [0, 0.1) is 11.3 Å². The van der Waals surface area contributed by atoms with Crippen LogP contribution in [0.4, 0.5) is 11.6 Å². The number of carbonyl (C=O) groups is 1. The number of nitrogens with one attached hydrogen (secondary N) is 1. The maximum absolute atomic E-state index is 11.9. The van der Waals surface area contributed by atoms with Gasteiger partial charge in [-0.1, -0.05) is 12.1 Å². The molecule has 0 atom stereocenters. The van der Waals surface area contributed by atoms with E-state index in [-0.39, 0.29) is 5.91 Å². The molecule has 1 aliphatic rings. The average molecular weight is 409 g/mol. The minimum absolute atomic E-state index is 0.122. The Bertz CT molecular complexity index is 1300. The number of amides is 1. The van der Waals surface area contributed by atoms with Crippen molar-refractivity contribution in [1.82, 2.24) is 19.6 Å². The minimum Gasteiger partial charge on any atom is -0.365 e. The lowest BCUT2D eigenvalue weighted by Crippen LogP contribution is -2.24. The van der Waals surface area contributed by atoms with Gasteiger partial charge in [0.05, 0.1) is 5.52 Å². The lowest BCUT2D eigenvalue weighted by Gasteiger charge is -2.15. The zero-order valence-electron chi connectivity index (χ0n) is 16.7. The number of fused-ring (bicyclic) bond motifs is 1. The molecule has 0 saturated carbocycles. The van der Waals surface area contributed by atoms with Crippen molar-refractivity contribution < 1.29 is 4.79 Å². The summed E-state index contributed by atoms with van der Waals surface area (Å²) in [5, 5.41) is 17.6. The SMILES string of the molecule is N#Cc1c(-c2cccnc2NCc2ccc(N3CCCC3=O)nc2)nn2ccccc12. The summed E-state index contributed by atoms with van der Waals surface area (Å²) in [6, 6.07) is 15.5. The normalized spacial score (nSPS) is 13.5. The van der Waals surface area contributed by atoms with Gasteiger partial charge in [-0.15, -0.1) is 0 Å². The maximum atomic E-state index is 11.9. The molecular formula is C23H19N7O. The van der Waals surface area contributed by atoms with E-state index in [1.165, 1.54) is 0 Å². The van der Waals surface area contributed by atoms with Gasteiger partial charge in [0.25, 0.3) is 0 Å². The predicted octanol–water partition coefficient (Wildman–Crippen LogP) is 3.40. The fourth-order valence-corrected chi connectivity index (χ4v) is 3.79. The summed E-state index contributed by atoms with van der Waals surface area (Å²) in [5.74, 6) is 1.45. The molecule has 4 aromatic rings. The quantitative estimate of drug-likeness (QED) is 0.542. The summed E-state index contributed by atoms with van der Waals surface area (Å²) in [6.07, 6.45) is 6.75. The standard InChI is InChI=1S/C23H19N7O/c24-13-18-19-6-1-2-12-30(19)28-22(18)17-5-3-10-25-23(17)27-15-16-8-9-20(26-14-16)29-11-4-7-21(29)31/h1-3,5-6,8-10,12,14H,4,7,11,15H2,(H,25,27). The van der Waals surface area contributed by atoms with Crippen LogP contribution in [-0.2, 0) is 11.3 Å². The predicted molar refractivity (Wildman–Crippen MR) is 116 cm³/mol. The van der Waals surface area contributed by atoms with Gasteiger partial charge in [-0.2, -0.15) is 10.4 Å². The van der Waals surface area contributed by atoms with Crippen LogP contribution in [0.25, 0.3) is 16.8 Å². The van der Waals surface area contributed by atoms with Crippen molar-refractivity contribution in [3.8, 4) is 17.3 Å². The number of rotatable bonds is 5. The van der Waals surface area contributed by atoms with E-state index in [9.17, 15) is 10.1 Å². The van der Waals surface area contributed by atoms with Gasteiger partial charge in [0, 0.05) is 43.7 Å². The molecule has 31 heavy (non-hydrogen) atoms. The average Bonchev–Trinajstić information content (AvgIpc) is 3.41. The summed E-state index contributed by atoms with van der Waals surface area (Å²) in [7, 11) is 0. The second-order valence-corrected chi connectivity index (χ2v) is 7.29. The first-order chi connectivity index (χ1) is 15.2. The van der Waals surface area contributed by atoms with Crippen LogP contribution in [0.15, 0.2) is 61.1 Å². The van der Waals surface area contributed by atoms with Crippen LogP contribution in [-0.4, -0.2) is 32.0 Å². The van der Waals surface area contributed by atoms with Crippen molar-refractivity contribution >= 4 is 23.1 Å². The third-order valence-electron chi connectivity index (χ3n) is 5.33. The van der Waals surface area contributed by atoms with E-state index in [1.807, 2.05) is 48.7 Å². The number of anilines is 2. The molecule has 0 radical (unpaired) electrons. The number of hydrogen-bond donors (Lipinski definition) is 1. The Labute approximate surface area is 178 Å². The molecule has 5 heterocycles. The molecular weight excluding hydrogens is 390 g/mol. The smallest absolute Gasteiger partial charge is 0.228 e. The van der Waals surface area contributed by atoms with Crippen LogP contribution in [0.2, 0.25) is 0 Å². The number of aromatic nitrogens is 4. The molecule has 1 aliphatic heterocycles. The lowest BCUT2D eigenvalue weighted by molar-refractivity contribution is -0.117. The van der Waals surface area contributed by atoms with E-state index in [0.717, 1.165) is 29.6 Å². The molecule has 1 fully saturated rings. The zero-order valence-corrected chi connectivity index (χ0v) is 16.7. The van der Waals surface area contributed by atoms with E-state index in [1.54, 1.807) is 21.8 Å². The van der Waals surface area contributed by atoms with E-state index in [4.69, 9.17) is 0 Å². The number of carbonyl (C=O) groups excluding carboxylic acids is 1. The van der Waals surface area contributed by atoms with Gasteiger partial charge in [-0.25, -0.2) is 14.5 Å². The summed E-state index contributed by atoms with van der Waals surface area (Å²) >= 11 is 0. The maximum Gasteiger partial charge on any atom is 0.228 e. The van der Waals surface area contributed by atoms with Gasteiger partial charge in [-0.3, -0.25) is 9.69 Å². The van der Waals surface area contributed by atoms with Crippen LogP contribution in [0.3, 0.4) is 0 Å². The molecule has 0 aromatic carbocycles. The second kappa shape index (κ2) is 7.88. The Morgan fingerprint density at radius 1 is 1.13 bits per heavy atom. The lowest BCUT2D eigenvalue weighted by atomic mass is 10.1. The Hall–Kier alpha value is -4.25. The molecule has 0 unspecified atom stereocenters. The first-order valence-corrected chi connectivity index (χ1v) is 10.1. The van der Waals surface area contributed by atoms with Gasteiger partial charge in [0.2, 0.25) is 5.91 Å². The molecule has 0 bridgehead atoms. The van der Waals surface area contributed by atoms with Crippen molar-refractivity contribution in [2.24, 2.45) is 0 Å². The Balaban J connectivity index is 1.40. The molecule has 152 valence electrons. The summed E-state index contributed by atoms with van der Waals surface area (Å²) in [6.45, 7) is 1.22. The summed E-state index contributed by atoms with van der Waals surface area (Å²) in [4.78, 5) is 22.5. The Morgan fingerprint density at radius 3 is 2.84 bits per heavy atom. The number of pyridine rings is 3. The molecule has 1 saturated heterocycles.